The molecule has 0 atom stereocenters. The molecule has 4 rings (SSSR count). The molecular weight excluding hydrogens is 487 g/mol. The smallest absolute Gasteiger partial charge is 0.275 e. The first kappa shape index (κ1) is 23.0. The van der Waals surface area contributed by atoms with Crippen molar-refractivity contribution in [3.05, 3.63) is 58.0 Å². The molecule has 3 heterocycles. The van der Waals surface area contributed by atoms with Crippen LogP contribution >= 0.6 is 34.4 Å². The SMILES string of the molecule is Cc1oc(S(=O)(=O)N(C)C)cc1C(=O)Nc1ccc2nc(SCCc3ccsc3)sc2c1. The standard InChI is InChI=1S/C21H21N3O4S4/c1-13-16(11-19(28-13)32(26,27)24(2)3)20(25)22-15-4-5-17-18(10-15)31-21(23-17)30-9-7-14-6-8-29-12-14/h4-6,8,10-12H,7,9H2,1-3H3,(H,22,25). The van der Waals surface area contributed by atoms with Gasteiger partial charge < -0.3 is 9.73 Å². The first-order chi connectivity index (χ1) is 15.2. The van der Waals surface area contributed by atoms with Gasteiger partial charge in [-0.2, -0.15) is 11.3 Å². The number of thiophene rings is 1. The molecule has 1 aromatic carbocycles. The molecule has 0 aliphatic rings. The molecule has 1 N–H and O–H groups in total. The van der Waals surface area contributed by atoms with E-state index in [9.17, 15) is 13.2 Å². The second-order valence-electron chi connectivity index (χ2n) is 7.17. The highest BCUT2D eigenvalue weighted by Crippen LogP contribution is 2.32. The number of hydrogen-bond acceptors (Lipinski definition) is 8. The fourth-order valence-electron chi connectivity index (χ4n) is 2.92. The number of thiazole rings is 1. The van der Waals surface area contributed by atoms with E-state index in [2.05, 4.69) is 27.1 Å². The van der Waals surface area contributed by atoms with Gasteiger partial charge in [-0.05, 0) is 53.9 Å². The van der Waals surface area contributed by atoms with E-state index in [0.29, 0.717) is 5.69 Å². The molecule has 168 valence electrons. The largest absolute Gasteiger partial charge is 0.448 e. The quantitative estimate of drug-likeness (QED) is 0.334. The van der Waals surface area contributed by atoms with Crippen LogP contribution in [0.4, 0.5) is 5.69 Å². The number of furan rings is 1. The van der Waals surface area contributed by atoms with E-state index in [1.165, 1.54) is 25.7 Å². The van der Waals surface area contributed by atoms with Gasteiger partial charge >= 0.3 is 0 Å². The van der Waals surface area contributed by atoms with E-state index in [-0.39, 0.29) is 16.4 Å². The highest BCUT2D eigenvalue weighted by molar-refractivity contribution is 8.01. The van der Waals surface area contributed by atoms with Crippen LogP contribution < -0.4 is 5.32 Å². The number of hydrogen-bond donors (Lipinski definition) is 1. The number of rotatable bonds is 8. The molecule has 0 aliphatic carbocycles. The number of anilines is 1. The average molecular weight is 508 g/mol. The predicted molar refractivity (Wildman–Crippen MR) is 131 cm³/mol. The van der Waals surface area contributed by atoms with E-state index >= 15 is 0 Å². The molecule has 4 aromatic rings. The van der Waals surface area contributed by atoms with Crippen LogP contribution in [0.2, 0.25) is 0 Å². The number of fused-ring (bicyclic) bond motifs is 1. The van der Waals surface area contributed by atoms with Crippen molar-refractivity contribution in [1.29, 1.82) is 0 Å². The summed E-state index contributed by atoms with van der Waals surface area (Å²) >= 11 is 5.01. The molecule has 1 amide bonds. The van der Waals surface area contributed by atoms with Crippen LogP contribution in [0.15, 0.2) is 54.9 Å². The maximum atomic E-state index is 12.7. The number of aryl methyl sites for hydroxylation is 2. The Balaban J connectivity index is 1.46. The number of thioether (sulfide) groups is 1. The summed E-state index contributed by atoms with van der Waals surface area (Å²) in [5.74, 6) is 0.768. The van der Waals surface area contributed by atoms with Crippen LogP contribution in [0.1, 0.15) is 21.7 Å². The van der Waals surface area contributed by atoms with Gasteiger partial charge in [0, 0.05) is 31.6 Å². The van der Waals surface area contributed by atoms with Crippen molar-refractivity contribution in [3.63, 3.8) is 0 Å². The van der Waals surface area contributed by atoms with E-state index in [0.717, 1.165) is 31.0 Å². The molecule has 0 saturated carbocycles. The first-order valence-electron chi connectivity index (χ1n) is 9.63. The predicted octanol–water partition coefficient (Wildman–Crippen LogP) is 5.10. The summed E-state index contributed by atoms with van der Waals surface area (Å²) in [4.78, 5) is 17.4. The third kappa shape index (κ3) is 4.91. The topological polar surface area (TPSA) is 92.5 Å². The van der Waals surface area contributed by atoms with E-state index in [4.69, 9.17) is 4.42 Å². The summed E-state index contributed by atoms with van der Waals surface area (Å²) in [6.07, 6.45) is 1.00. The second kappa shape index (κ2) is 9.36. The Bertz CT molecular complexity index is 1360. The van der Waals surface area contributed by atoms with Crippen LogP contribution in [-0.2, 0) is 16.4 Å². The van der Waals surface area contributed by atoms with Gasteiger partial charge in [-0.25, -0.2) is 17.7 Å². The lowest BCUT2D eigenvalue weighted by molar-refractivity contribution is 0.102. The Hall–Kier alpha value is -2.18. The molecule has 0 radical (unpaired) electrons. The average Bonchev–Trinajstić information content (AvgIpc) is 3.47. The zero-order valence-corrected chi connectivity index (χ0v) is 20.9. The number of amides is 1. The highest BCUT2D eigenvalue weighted by atomic mass is 32.2. The maximum Gasteiger partial charge on any atom is 0.275 e. The molecule has 0 saturated heterocycles. The van der Waals surface area contributed by atoms with Crippen LogP contribution in [0.25, 0.3) is 10.2 Å². The van der Waals surface area contributed by atoms with Crippen molar-refractivity contribution in [1.82, 2.24) is 9.29 Å². The van der Waals surface area contributed by atoms with Crippen molar-refractivity contribution >= 4 is 66.3 Å². The van der Waals surface area contributed by atoms with Gasteiger partial charge in [0.25, 0.3) is 15.9 Å². The van der Waals surface area contributed by atoms with E-state index in [1.807, 2.05) is 12.1 Å². The Morgan fingerprint density at radius 1 is 1.25 bits per heavy atom. The molecule has 0 spiro atoms. The molecular formula is C21H21N3O4S4. The number of aromatic nitrogens is 1. The summed E-state index contributed by atoms with van der Waals surface area (Å²) in [6, 6.07) is 8.93. The Morgan fingerprint density at radius 2 is 2.06 bits per heavy atom. The summed E-state index contributed by atoms with van der Waals surface area (Å²) in [6.45, 7) is 1.57. The summed E-state index contributed by atoms with van der Waals surface area (Å²) < 4.78 is 32.9. The van der Waals surface area contributed by atoms with Gasteiger partial charge in [0.05, 0.1) is 15.8 Å². The Kier molecular flexibility index (Phi) is 6.72. The maximum absolute atomic E-state index is 12.7. The molecule has 0 fully saturated rings. The minimum absolute atomic E-state index is 0.180. The van der Waals surface area contributed by atoms with E-state index in [1.54, 1.807) is 47.4 Å². The van der Waals surface area contributed by atoms with Crippen LogP contribution in [0.5, 0.6) is 0 Å². The van der Waals surface area contributed by atoms with Gasteiger partial charge in [0.15, 0.2) is 4.34 Å². The molecule has 0 bridgehead atoms. The Morgan fingerprint density at radius 3 is 2.78 bits per heavy atom. The molecule has 0 aliphatic heterocycles. The molecule has 7 nitrogen and oxygen atoms in total. The lowest BCUT2D eigenvalue weighted by Crippen LogP contribution is -2.21. The number of benzene rings is 1. The summed E-state index contributed by atoms with van der Waals surface area (Å²) in [5.41, 5.74) is 3.01. The lowest BCUT2D eigenvalue weighted by Gasteiger charge is -2.07. The van der Waals surface area contributed by atoms with E-state index < -0.39 is 15.9 Å². The number of carbonyl (C=O) groups excluding carboxylic acids is 1. The van der Waals surface area contributed by atoms with Crippen LogP contribution in [0, 0.1) is 6.92 Å². The number of nitrogens with zero attached hydrogens (tertiary/aromatic N) is 2. The van der Waals surface area contributed by atoms with Crippen molar-refractivity contribution in [2.45, 2.75) is 22.8 Å². The number of carbonyl (C=O) groups is 1. The molecule has 11 heteroatoms. The second-order valence-corrected chi connectivity index (χ2v) is 12.4. The summed E-state index contributed by atoms with van der Waals surface area (Å²) in [5, 5.41) is 6.81. The third-order valence-electron chi connectivity index (χ3n) is 4.70. The van der Waals surface area contributed by atoms with Crippen LogP contribution in [0.3, 0.4) is 0 Å². The van der Waals surface area contributed by atoms with Gasteiger partial charge in [0.2, 0.25) is 5.09 Å². The highest BCUT2D eigenvalue weighted by Gasteiger charge is 2.25. The minimum atomic E-state index is -3.75. The zero-order valence-electron chi connectivity index (χ0n) is 17.6. The van der Waals surface area contributed by atoms with Gasteiger partial charge in [0.1, 0.15) is 5.76 Å². The van der Waals surface area contributed by atoms with Crippen molar-refractivity contribution in [3.8, 4) is 0 Å². The molecule has 3 aromatic heterocycles. The van der Waals surface area contributed by atoms with Crippen LogP contribution in [-0.4, -0.2) is 43.5 Å². The van der Waals surface area contributed by atoms with Crippen molar-refractivity contribution in [2.75, 3.05) is 25.2 Å². The fraction of sp³-hybridized carbons (Fsp3) is 0.238. The summed E-state index contributed by atoms with van der Waals surface area (Å²) in [7, 11) is -0.938. The third-order valence-corrected chi connectivity index (χ3v) is 9.26. The van der Waals surface area contributed by atoms with Gasteiger partial charge in [-0.15, -0.1) is 11.3 Å². The zero-order chi connectivity index (χ0) is 22.9. The molecule has 0 unspecified atom stereocenters. The fourth-order valence-corrected chi connectivity index (χ4v) is 6.65. The van der Waals surface area contributed by atoms with Gasteiger partial charge in [-0.3, -0.25) is 4.79 Å². The first-order valence-corrected chi connectivity index (χ1v) is 13.8. The number of nitrogens with one attached hydrogen (secondary N) is 1. The van der Waals surface area contributed by atoms with Crippen molar-refractivity contribution in [2.24, 2.45) is 0 Å². The normalized spacial score (nSPS) is 12.0. The van der Waals surface area contributed by atoms with Crippen molar-refractivity contribution < 1.29 is 17.6 Å². The monoisotopic (exact) mass is 507 g/mol. The molecule has 32 heavy (non-hydrogen) atoms. The Labute approximate surface area is 198 Å². The number of sulfonamides is 1. The lowest BCUT2D eigenvalue weighted by atomic mass is 10.2. The minimum Gasteiger partial charge on any atom is -0.448 e. The van der Waals surface area contributed by atoms with Gasteiger partial charge in [-0.1, -0.05) is 11.8 Å².